The molecule has 25 heavy (non-hydrogen) atoms. The maximum atomic E-state index is 11.9. The van der Waals surface area contributed by atoms with E-state index < -0.39 is 0 Å². The number of rotatable bonds is 7. The molecule has 1 heterocycles. The molecular formula is C20H25BrO3S. The van der Waals surface area contributed by atoms with Gasteiger partial charge in [-0.1, -0.05) is 29.8 Å². The lowest BCUT2D eigenvalue weighted by atomic mass is 10.0. The molecule has 0 amide bonds. The van der Waals surface area contributed by atoms with Gasteiger partial charge in [0.15, 0.2) is 0 Å². The Bertz CT molecular complexity index is 713. The Kier molecular flexibility index (Phi) is 7.08. The van der Waals surface area contributed by atoms with Gasteiger partial charge in [-0.3, -0.25) is 0 Å². The molecule has 0 aliphatic heterocycles. The molecule has 0 bridgehead atoms. The van der Waals surface area contributed by atoms with Gasteiger partial charge in [-0.15, -0.1) is 11.3 Å². The van der Waals surface area contributed by atoms with Crippen molar-refractivity contribution in [3.8, 4) is 5.75 Å². The topological polar surface area (TPSA) is 35.5 Å². The van der Waals surface area contributed by atoms with Gasteiger partial charge in [-0.05, 0) is 68.5 Å². The van der Waals surface area contributed by atoms with Crippen molar-refractivity contribution in [2.75, 3.05) is 6.61 Å². The Hall–Kier alpha value is -1.33. The van der Waals surface area contributed by atoms with E-state index in [1.807, 2.05) is 31.2 Å². The summed E-state index contributed by atoms with van der Waals surface area (Å²) in [4.78, 5) is 13.6. The van der Waals surface area contributed by atoms with E-state index in [0.717, 1.165) is 32.6 Å². The quantitative estimate of drug-likeness (QED) is 0.477. The van der Waals surface area contributed by atoms with Crippen molar-refractivity contribution < 1.29 is 14.3 Å². The van der Waals surface area contributed by atoms with Crippen molar-refractivity contribution in [2.45, 2.75) is 47.1 Å². The Morgan fingerprint density at radius 1 is 1.20 bits per heavy atom. The minimum atomic E-state index is -0.266. The zero-order chi connectivity index (χ0) is 18.6. The standard InChI is InChI=1S/C20H25BrO3S/c1-6-23-20(22)18-8-7-17(25-18)16(9-12(2)3)24-15-10-13(4)19(21)14(5)11-15/h7-8,10-12,16H,6,9H2,1-5H3. The van der Waals surface area contributed by atoms with Crippen LogP contribution in [0.3, 0.4) is 0 Å². The highest BCUT2D eigenvalue weighted by Gasteiger charge is 2.20. The third kappa shape index (κ3) is 5.32. The molecule has 1 atom stereocenters. The summed E-state index contributed by atoms with van der Waals surface area (Å²) in [7, 11) is 0. The van der Waals surface area contributed by atoms with Crippen molar-refractivity contribution in [1.82, 2.24) is 0 Å². The fourth-order valence-corrected chi connectivity index (χ4v) is 3.80. The lowest BCUT2D eigenvalue weighted by Gasteiger charge is -2.21. The molecule has 0 radical (unpaired) electrons. The van der Waals surface area contributed by atoms with Gasteiger partial charge in [0.05, 0.1) is 6.61 Å². The number of halogens is 1. The van der Waals surface area contributed by atoms with Crippen LogP contribution in [0.2, 0.25) is 0 Å². The second kappa shape index (κ2) is 8.86. The molecule has 0 aliphatic rings. The molecule has 0 saturated carbocycles. The molecule has 136 valence electrons. The number of benzene rings is 1. The Labute approximate surface area is 162 Å². The summed E-state index contributed by atoms with van der Waals surface area (Å²) in [6, 6.07) is 7.89. The van der Waals surface area contributed by atoms with Gasteiger partial charge < -0.3 is 9.47 Å². The van der Waals surface area contributed by atoms with Gasteiger partial charge in [0.1, 0.15) is 16.7 Å². The van der Waals surface area contributed by atoms with E-state index in [4.69, 9.17) is 9.47 Å². The maximum Gasteiger partial charge on any atom is 0.348 e. The zero-order valence-electron chi connectivity index (χ0n) is 15.4. The minimum absolute atomic E-state index is 0.0758. The van der Waals surface area contributed by atoms with Crippen LogP contribution in [0, 0.1) is 19.8 Å². The fourth-order valence-electron chi connectivity index (χ4n) is 2.63. The Balaban J connectivity index is 2.26. The molecule has 0 aliphatic carbocycles. The Morgan fingerprint density at radius 2 is 1.84 bits per heavy atom. The summed E-state index contributed by atoms with van der Waals surface area (Å²) in [5.74, 6) is 1.07. The van der Waals surface area contributed by atoms with Crippen LogP contribution >= 0.6 is 27.3 Å². The molecule has 0 spiro atoms. The lowest BCUT2D eigenvalue weighted by Crippen LogP contribution is -2.09. The molecule has 0 fully saturated rings. The summed E-state index contributed by atoms with van der Waals surface area (Å²) < 4.78 is 12.5. The molecular weight excluding hydrogens is 400 g/mol. The SMILES string of the molecule is CCOC(=O)c1ccc(C(CC(C)C)Oc2cc(C)c(Br)c(C)c2)s1. The van der Waals surface area contributed by atoms with Gasteiger partial charge in [-0.25, -0.2) is 4.79 Å². The number of ether oxygens (including phenoxy) is 2. The van der Waals surface area contributed by atoms with E-state index in [0.29, 0.717) is 17.4 Å². The first-order chi connectivity index (χ1) is 11.8. The zero-order valence-corrected chi connectivity index (χ0v) is 17.8. The van der Waals surface area contributed by atoms with Crippen LogP contribution in [0.1, 0.15) is 59.0 Å². The third-order valence-corrected chi connectivity index (χ3v) is 6.20. The number of hydrogen-bond acceptors (Lipinski definition) is 4. The normalized spacial score (nSPS) is 12.3. The van der Waals surface area contributed by atoms with Crippen molar-refractivity contribution in [2.24, 2.45) is 5.92 Å². The molecule has 0 saturated heterocycles. The Morgan fingerprint density at radius 3 is 2.40 bits per heavy atom. The highest BCUT2D eigenvalue weighted by Crippen LogP contribution is 2.35. The molecule has 1 unspecified atom stereocenters. The number of carbonyl (C=O) groups is 1. The summed E-state index contributed by atoms with van der Waals surface area (Å²) in [5.41, 5.74) is 2.30. The molecule has 3 nitrogen and oxygen atoms in total. The first-order valence-corrected chi connectivity index (χ1v) is 10.1. The molecule has 2 aromatic rings. The van der Waals surface area contributed by atoms with E-state index in [-0.39, 0.29) is 12.1 Å². The second-order valence-corrected chi connectivity index (χ2v) is 8.44. The van der Waals surface area contributed by atoms with Crippen LogP contribution in [-0.2, 0) is 4.74 Å². The predicted octanol–water partition coefficient (Wildman–Crippen LogP) is 6.47. The van der Waals surface area contributed by atoms with Gasteiger partial charge >= 0.3 is 5.97 Å². The van der Waals surface area contributed by atoms with Crippen LogP contribution < -0.4 is 4.74 Å². The van der Waals surface area contributed by atoms with Crippen LogP contribution in [-0.4, -0.2) is 12.6 Å². The summed E-state index contributed by atoms with van der Waals surface area (Å²) in [5, 5.41) is 0. The highest BCUT2D eigenvalue weighted by atomic mass is 79.9. The van der Waals surface area contributed by atoms with Crippen molar-refractivity contribution in [3.63, 3.8) is 0 Å². The molecule has 5 heteroatoms. The van der Waals surface area contributed by atoms with Gasteiger partial charge in [0.25, 0.3) is 0 Å². The van der Waals surface area contributed by atoms with Crippen molar-refractivity contribution in [3.05, 3.63) is 49.6 Å². The van der Waals surface area contributed by atoms with Gasteiger partial charge in [0.2, 0.25) is 0 Å². The lowest BCUT2D eigenvalue weighted by molar-refractivity contribution is 0.0532. The highest BCUT2D eigenvalue weighted by molar-refractivity contribution is 9.10. The van der Waals surface area contributed by atoms with E-state index in [2.05, 4.69) is 43.6 Å². The van der Waals surface area contributed by atoms with Gasteiger partial charge in [0, 0.05) is 9.35 Å². The average Bonchev–Trinajstić information content (AvgIpc) is 3.01. The van der Waals surface area contributed by atoms with Crippen LogP contribution in [0.25, 0.3) is 0 Å². The van der Waals surface area contributed by atoms with Gasteiger partial charge in [-0.2, -0.15) is 0 Å². The van der Waals surface area contributed by atoms with Crippen LogP contribution in [0.4, 0.5) is 0 Å². The number of carbonyl (C=O) groups excluding carboxylic acids is 1. The fraction of sp³-hybridized carbons (Fsp3) is 0.450. The third-order valence-electron chi connectivity index (χ3n) is 3.79. The van der Waals surface area contributed by atoms with Crippen LogP contribution in [0.15, 0.2) is 28.7 Å². The summed E-state index contributed by atoms with van der Waals surface area (Å²) in [6.45, 7) is 10.7. The summed E-state index contributed by atoms with van der Waals surface area (Å²) >= 11 is 5.05. The van der Waals surface area contributed by atoms with E-state index in [1.54, 1.807) is 0 Å². The average molecular weight is 425 g/mol. The van der Waals surface area contributed by atoms with E-state index in [9.17, 15) is 4.79 Å². The molecule has 1 aromatic carbocycles. The smallest absolute Gasteiger partial charge is 0.348 e. The maximum absolute atomic E-state index is 11.9. The molecule has 2 rings (SSSR count). The van der Waals surface area contributed by atoms with Crippen molar-refractivity contribution >= 4 is 33.2 Å². The largest absolute Gasteiger partial charge is 0.485 e. The number of esters is 1. The summed E-state index contributed by atoms with van der Waals surface area (Å²) in [6.07, 6.45) is 0.810. The second-order valence-electron chi connectivity index (χ2n) is 6.53. The van der Waals surface area contributed by atoms with E-state index >= 15 is 0 Å². The van der Waals surface area contributed by atoms with Crippen molar-refractivity contribution in [1.29, 1.82) is 0 Å². The number of aryl methyl sites for hydroxylation is 2. The molecule has 1 aromatic heterocycles. The number of thiophene rings is 1. The molecule has 0 N–H and O–H groups in total. The van der Waals surface area contributed by atoms with Crippen LogP contribution in [0.5, 0.6) is 5.75 Å². The van der Waals surface area contributed by atoms with E-state index in [1.165, 1.54) is 11.3 Å². The number of hydrogen-bond donors (Lipinski definition) is 0. The first kappa shape index (κ1) is 20.0. The monoisotopic (exact) mass is 424 g/mol. The first-order valence-electron chi connectivity index (χ1n) is 8.52. The minimum Gasteiger partial charge on any atom is -0.485 e. The predicted molar refractivity (Wildman–Crippen MR) is 107 cm³/mol.